The van der Waals surface area contributed by atoms with E-state index in [1.54, 1.807) is 6.20 Å². The van der Waals surface area contributed by atoms with E-state index in [4.69, 9.17) is 4.42 Å². The number of fused-ring (bicyclic) bond motifs is 3. The van der Waals surface area contributed by atoms with Gasteiger partial charge in [0.05, 0.1) is 11.7 Å². The Morgan fingerprint density at radius 3 is 2.94 bits per heavy atom. The Kier molecular flexibility index (Phi) is 2.52. The standard InChI is InChI=1S/C14H14N2O/c1-2-3-8-13-16-12-9-15-11-7-5-4-6-10(11)14(12)17-13/h4-7,9H,2-3,8H2,1H3. The monoisotopic (exact) mass is 226 g/mol. The quantitative estimate of drug-likeness (QED) is 0.683. The van der Waals surface area contributed by atoms with Crippen LogP contribution in [0.15, 0.2) is 34.9 Å². The molecule has 0 radical (unpaired) electrons. The van der Waals surface area contributed by atoms with Crippen LogP contribution in [0.1, 0.15) is 25.7 Å². The molecule has 0 aliphatic rings. The topological polar surface area (TPSA) is 38.9 Å². The number of nitrogens with zero attached hydrogens (tertiary/aromatic N) is 2. The first-order chi connectivity index (χ1) is 8.38. The fraction of sp³-hybridized carbons (Fsp3) is 0.286. The number of aromatic nitrogens is 2. The lowest BCUT2D eigenvalue weighted by atomic mass is 10.2. The van der Waals surface area contributed by atoms with Gasteiger partial charge in [0, 0.05) is 11.8 Å². The van der Waals surface area contributed by atoms with Crippen LogP contribution < -0.4 is 0 Å². The summed E-state index contributed by atoms with van der Waals surface area (Å²) in [5.74, 6) is 0.819. The maximum Gasteiger partial charge on any atom is 0.195 e. The summed E-state index contributed by atoms with van der Waals surface area (Å²) in [5, 5.41) is 1.04. The molecule has 3 aromatic rings. The van der Waals surface area contributed by atoms with Gasteiger partial charge in [0.25, 0.3) is 0 Å². The summed E-state index contributed by atoms with van der Waals surface area (Å²) in [6, 6.07) is 8.00. The second-order valence-electron chi connectivity index (χ2n) is 4.20. The first-order valence-electron chi connectivity index (χ1n) is 6.01. The molecule has 1 aromatic carbocycles. The molecule has 0 fully saturated rings. The van der Waals surface area contributed by atoms with Crippen molar-refractivity contribution in [1.82, 2.24) is 9.97 Å². The van der Waals surface area contributed by atoms with Crippen molar-refractivity contribution in [3.63, 3.8) is 0 Å². The normalized spacial score (nSPS) is 11.4. The molecule has 0 unspecified atom stereocenters. The lowest BCUT2D eigenvalue weighted by molar-refractivity contribution is 0.519. The number of rotatable bonds is 3. The lowest BCUT2D eigenvalue weighted by Crippen LogP contribution is -1.82. The van der Waals surface area contributed by atoms with Gasteiger partial charge in [-0.3, -0.25) is 4.98 Å². The molecule has 0 bridgehead atoms. The molecule has 0 spiro atoms. The van der Waals surface area contributed by atoms with E-state index in [1.807, 2.05) is 24.3 Å². The molecule has 0 N–H and O–H groups in total. The molecule has 0 aliphatic carbocycles. The van der Waals surface area contributed by atoms with Crippen LogP contribution in [0.25, 0.3) is 22.0 Å². The highest BCUT2D eigenvalue weighted by molar-refractivity contribution is 6.00. The van der Waals surface area contributed by atoms with Crippen molar-refractivity contribution in [1.29, 1.82) is 0 Å². The van der Waals surface area contributed by atoms with Crippen LogP contribution in [-0.2, 0) is 6.42 Å². The van der Waals surface area contributed by atoms with Crippen molar-refractivity contribution in [2.75, 3.05) is 0 Å². The van der Waals surface area contributed by atoms with Crippen molar-refractivity contribution in [3.8, 4) is 0 Å². The zero-order valence-corrected chi connectivity index (χ0v) is 9.81. The van der Waals surface area contributed by atoms with Crippen LogP contribution in [0, 0.1) is 0 Å². The predicted octanol–water partition coefficient (Wildman–Crippen LogP) is 3.72. The Morgan fingerprint density at radius 1 is 1.18 bits per heavy atom. The zero-order valence-electron chi connectivity index (χ0n) is 9.81. The molecule has 0 saturated carbocycles. The highest BCUT2D eigenvalue weighted by atomic mass is 16.3. The van der Waals surface area contributed by atoms with Gasteiger partial charge in [0.1, 0.15) is 5.52 Å². The molecule has 2 heterocycles. The van der Waals surface area contributed by atoms with E-state index >= 15 is 0 Å². The van der Waals surface area contributed by atoms with Gasteiger partial charge >= 0.3 is 0 Å². The van der Waals surface area contributed by atoms with Crippen LogP contribution in [0.2, 0.25) is 0 Å². The largest absolute Gasteiger partial charge is 0.440 e. The summed E-state index contributed by atoms with van der Waals surface area (Å²) < 4.78 is 5.83. The van der Waals surface area contributed by atoms with E-state index in [2.05, 4.69) is 16.9 Å². The number of hydrogen-bond donors (Lipinski definition) is 0. The Bertz CT molecular complexity index is 657. The van der Waals surface area contributed by atoms with E-state index in [0.29, 0.717) is 0 Å². The second-order valence-corrected chi connectivity index (χ2v) is 4.20. The van der Waals surface area contributed by atoms with Crippen LogP contribution in [0.5, 0.6) is 0 Å². The van der Waals surface area contributed by atoms with Gasteiger partial charge in [0.2, 0.25) is 0 Å². The number of unbranched alkanes of at least 4 members (excludes halogenated alkanes) is 1. The number of para-hydroxylation sites is 1. The first kappa shape index (κ1) is 10.3. The third-order valence-electron chi connectivity index (χ3n) is 2.92. The zero-order chi connectivity index (χ0) is 11.7. The highest BCUT2D eigenvalue weighted by Gasteiger charge is 2.09. The summed E-state index contributed by atoms with van der Waals surface area (Å²) in [7, 11) is 0. The predicted molar refractivity (Wildman–Crippen MR) is 67.9 cm³/mol. The lowest BCUT2D eigenvalue weighted by Gasteiger charge is -1.95. The Hall–Kier alpha value is -1.90. The number of aryl methyl sites for hydroxylation is 1. The molecule has 0 aliphatic heterocycles. The van der Waals surface area contributed by atoms with Gasteiger partial charge in [-0.2, -0.15) is 0 Å². The minimum Gasteiger partial charge on any atom is -0.440 e. The van der Waals surface area contributed by atoms with E-state index < -0.39 is 0 Å². The molecule has 3 heteroatoms. The van der Waals surface area contributed by atoms with Crippen molar-refractivity contribution in [2.24, 2.45) is 0 Å². The summed E-state index contributed by atoms with van der Waals surface area (Å²) >= 11 is 0. The molecule has 3 nitrogen and oxygen atoms in total. The maximum atomic E-state index is 5.83. The number of hydrogen-bond acceptors (Lipinski definition) is 3. The minimum absolute atomic E-state index is 0.819. The van der Waals surface area contributed by atoms with Gasteiger partial charge in [0.15, 0.2) is 11.5 Å². The summed E-state index contributed by atoms with van der Waals surface area (Å²) in [6.07, 6.45) is 4.95. The van der Waals surface area contributed by atoms with Gasteiger partial charge in [-0.25, -0.2) is 4.98 Å². The highest BCUT2D eigenvalue weighted by Crippen LogP contribution is 2.24. The van der Waals surface area contributed by atoms with Gasteiger partial charge in [-0.1, -0.05) is 25.5 Å². The SMILES string of the molecule is CCCCc1nc2cnc3ccccc3c2o1. The van der Waals surface area contributed by atoms with Crippen molar-refractivity contribution in [3.05, 3.63) is 36.4 Å². The van der Waals surface area contributed by atoms with Gasteiger partial charge in [-0.05, 0) is 18.6 Å². The Balaban J connectivity index is 2.17. The molecular formula is C14H14N2O. The number of oxazole rings is 1. The number of benzene rings is 1. The Morgan fingerprint density at radius 2 is 2.06 bits per heavy atom. The fourth-order valence-electron chi connectivity index (χ4n) is 2.00. The third-order valence-corrected chi connectivity index (χ3v) is 2.92. The smallest absolute Gasteiger partial charge is 0.195 e. The molecule has 0 amide bonds. The van der Waals surface area contributed by atoms with Gasteiger partial charge in [-0.15, -0.1) is 0 Å². The van der Waals surface area contributed by atoms with E-state index in [1.165, 1.54) is 0 Å². The van der Waals surface area contributed by atoms with Crippen molar-refractivity contribution in [2.45, 2.75) is 26.2 Å². The fourth-order valence-corrected chi connectivity index (χ4v) is 2.00. The van der Waals surface area contributed by atoms with Crippen LogP contribution in [-0.4, -0.2) is 9.97 Å². The molecule has 0 saturated heterocycles. The number of pyridine rings is 1. The molecule has 3 rings (SSSR count). The third kappa shape index (κ3) is 1.78. The summed E-state index contributed by atoms with van der Waals surface area (Å²) in [6.45, 7) is 2.17. The van der Waals surface area contributed by atoms with Crippen molar-refractivity contribution < 1.29 is 4.42 Å². The molecule has 17 heavy (non-hydrogen) atoms. The van der Waals surface area contributed by atoms with Crippen LogP contribution >= 0.6 is 0 Å². The molecule has 86 valence electrons. The molecule has 0 atom stereocenters. The average Bonchev–Trinajstić information content (AvgIpc) is 2.79. The van der Waals surface area contributed by atoms with E-state index in [0.717, 1.165) is 47.2 Å². The Labute approximate surface area is 99.5 Å². The van der Waals surface area contributed by atoms with E-state index in [9.17, 15) is 0 Å². The first-order valence-corrected chi connectivity index (χ1v) is 6.01. The summed E-state index contributed by atoms with van der Waals surface area (Å²) in [5.41, 5.74) is 2.68. The second kappa shape index (κ2) is 4.17. The van der Waals surface area contributed by atoms with Crippen molar-refractivity contribution >= 4 is 22.0 Å². The van der Waals surface area contributed by atoms with Crippen LogP contribution in [0.3, 0.4) is 0 Å². The van der Waals surface area contributed by atoms with E-state index in [-0.39, 0.29) is 0 Å². The molecular weight excluding hydrogens is 212 g/mol. The molecule has 2 aromatic heterocycles. The average molecular weight is 226 g/mol. The summed E-state index contributed by atoms with van der Waals surface area (Å²) in [4.78, 5) is 8.85. The van der Waals surface area contributed by atoms with Gasteiger partial charge < -0.3 is 4.42 Å². The van der Waals surface area contributed by atoms with Crippen LogP contribution in [0.4, 0.5) is 0 Å². The minimum atomic E-state index is 0.819. The maximum absolute atomic E-state index is 5.83.